The van der Waals surface area contributed by atoms with Crippen molar-refractivity contribution in [1.82, 2.24) is 0 Å². The maximum Gasteiger partial charge on any atom is 0.121 e. The van der Waals surface area contributed by atoms with Crippen LogP contribution in [0, 0.1) is 16.7 Å². The third-order valence-electron chi connectivity index (χ3n) is 4.14. The highest BCUT2D eigenvalue weighted by atomic mass is 15.1. The van der Waals surface area contributed by atoms with Gasteiger partial charge in [-0.3, -0.25) is 0 Å². The van der Waals surface area contributed by atoms with E-state index in [-0.39, 0.29) is 10.8 Å². The van der Waals surface area contributed by atoms with Crippen LogP contribution in [0.5, 0.6) is 0 Å². The fraction of sp³-hybridized carbons (Fsp3) is 1.00. The molecule has 3 heteroatoms. The van der Waals surface area contributed by atoms with Crippen molar-refractivity contribution in [3.05, 3.63) is 0 Å². The van der Waals surface area contributed by atoms with Crippen molar-refractivity contribution in [2.75, 3.05) is 0 Å². The van der Waals surface area contributed by atoms with Crippen LogP contribution in [0.3, 0.4) is 0 Å². The summed E-state index contributed by atoms with van der Waals surface area (Å²) in [5, 5.41) is 0. The minimum absolute atomic E-state index is 0.00521. The average Bonchev–Trinajstić information content (AvgIpc) is 1.84. The highest BCUT2D eigenvalue weighted by Gasteiger charge is 2.48. The van der Waals surface area contributed by atoms with E-state index in [1.807, 2.05) is 13.8 Å². The highest BCUT2D eigenvalue weighted by Crippen LogP contribution is 2.46. The van der Waals surface area contributed by atoms with Crippen molar-refractivity contribution >= 4 is 0 Å². The highest BCUT2D eigenvalue weighted by molar-refractivity contribution is 4.98. The molecule has 6 N–H and O–H groups in total. The molecule has 0 bridgehead atoms. The first-order valence-corrected chi connectivity index (χ1v) is 4.81. The Labute approximate surface area is 82.0 Å². The SMILES string of the molecule is CC(C)C(C)(C)C(C)(C)C(N)(N)N. The topological polar surface area (TPSA) is 78.1 Å². The van der Waals surface area contributed by atoms with Gasteiger partial charge in [0.2, 0.25) is 0 Å². The molecule has 80 valence electrons. The number of nitrogens with two attached hydrogens (primary N) is 3. The van der Waals surface area contributed by atoms with E-state index in [4.69, 9.17) is 17.2 Å². The van der Waals surface area contributed by atoms with Crippen LogP contribution in [-0.4, -0.2) is 5.79 Å². The van der Waals surface area contributed by atoms with E-state index in [9.17, 15) is 0 Å². The van der Waals surface area contributed by atoms with Gasteiger partial charge in [-0.2, -0.15) is 0 Å². The first kappa shape index (κ1) is 12.9. The lowest BCUT2D eigenvalue weighted by molar-refractivity contribution is -0.0134. The van der Waals surface area contributed by atoms with E-state index >= 15 is 0 Å². The molecule has 3 nitrogen and oxygen atoms in total. The second-order valence-electron chi connectivity index (χ2n) is 5.43. The number of hydrogen-bond acceptors (Lipinski definition) is 3. The zero-order valence-corrected chi connectivity index (χ0v) is 9.81. The van der Waals surface area contributed by atoms with E-state index in [0.29, 0.717) is 5.92 Å². The first-order valence-electron chi connectivity index (χ1n) is 4.81. The molecule has 0 amide bonds. The molecule has 0 heterocycles. The summed E-state index contributed by atoms with van der Waals surface area (Å²) >= 11 is 0. The van der Waals surface area contributed by atoms with Gasteiger partial charge in [-0.25, -0.2) is 0 Å². The number of hydrogen-bond donors (Lipinski definition) is 3. The fourth-order valence-corrected chi connectivity index (χ4v) is 1.28. The van der Waals surface area contributed by atoms with Crippen molar-refractivity contribution in [2.24, 2.45) is 33.9 Å². The molecule has 0 atom stereocenters. The summed E-state index contributed by atoms with van der Waals surface area (Å²) in [5.74, 6) is -0.654. The minimum atomic E-state index is -1.14. The van der Waals surface area contributed by atoms with Crippen molar-refractivity contribution in [3.63, 3.8) is 0 Å². The van der Waals surface area contributed by atoms with Gasteiger partial charge in [0.05, 0.1) is 0 Å². The monoisotopic (exact) mass is 187 g/mol. The Bertz CT molecular complexity index is 175. The van der Waals surface area contributed by atoms with E-state index < -0.39 is 5.79 Å². The van der Waals surface area contributed by atoms with Crippen LogP contribution in [0.4, 0.5) is 0 Å². The zero-order chi connectivity index (χ0) is 11.1. The molecule has 0 radical (unpaired) electrons. The summed E-state index contributed by atoms with van der Waals surface area (Å²) in [5.41, 5.74) is 17.1. The molecule has 0 spiro atoms. The molecule has 0 saturated carbocycles. The summed E-state index contributed by atoms with van der Waals surface area (Å²) in [6, 6.07) is 0. The van der Waals surface area contributed by atoms with E-state index in [1.165, 1.54) is 0 Å². The van der Waals surface area contributed by atoms with Crippen LogP contribution in [0.25, 0.3) is 0 Å². The fourth-order valence-electron chi connectivity index (χ4n) is 1.28. The smallest absolute Gasteiger partial charge is 0.121 e. The van der Waals surface area contributed by atoms with E-state index in [2.05, 4.69) is 27.7 Å². The summed E-state index contributed by atoms with van der Waals surface area (Å²) in [6.07, 6.45) is 0. The zero-order valence-electron chi connectivity index (χ0n) is 9.81. The Kier molecular flexibility index (Phi) is 3.20. The molecule has 0 rings (SSSR count). The van der Waals surface area contributed by atoms with Crippen LogP contribution < -0.4 is 17.2 Å². The third kappa shape index (κ3) is 2.03. The molecule has 0 aliphatic heterocycles. The Morgan fingerprint density at radius 1 is 0.846 bits per heavy atom. The van der Waals surface area contributed by atoms with Gasteiger partial charge in [-0.05, 0) is 11.3 Å². The molecule has 13 heavy (non-hydrogen) atoms. The molecule has 0 aromatic rings. The normalized spacial score (nSPS) is 15.2. The van der Waals surface area contributed by atoms with Gasteiger partial charge in [0.15, 0.2) is 0 Å². The minimum Gasteiger partial charge on any atom is -0.301 e. The largest absolute Gasteiger partial charge is 0.301 e. The molecule has 0 aliphatic rings. The predicted molar refractivity (Wildman–Crippen MR) is 57.7 cm³/mol. The van der Waals surface area contributed by atoms with Crippen molar-refractivity contribution in [2.45, 2.75) is 47.3 Å². The van der Waals surface area contributed by atoms with Crippen molar-refractivity contribution in [3.8, 4) is 0 Å². The lowest BCUT2D eigenvalue weighted by atomic mass is 9.59. The first-order chi connectivity index (χ1) is 5.44. The lowest BCUT2D eigenvalue weighted by Crippen LogP contribution is -2.71. The quantitative estimate of drug-likeness (QED) is 0.581. The third-order valence-corrected chi connectivity index (χ3v) is 4.14. The molecule has 0 aromatic carbocycles. The van der Waals surface area contributed by atoms with Gasteiger partial charge in [-0.15, -0.1) is 0 Å². The van der Waals surface area contributed by atoms with Gasteiger partial charge >= 0.3 is 0 Å². The summed E-state index contributed by atoms with van der Waals surface area (Å²) < 4.78 is 0. The average molecular weight is 187 g/mol. The molecule has 0 unspecified atom stereocenters. The van der Waals surface area contributed by atoms with Crippen molar-refractivity contribution in [1.29, 1.82) is 0 Å². The molecule has 0 saturated heterocycles. The van der Waals surface area contributed by atoms with Crippen LogP contribution in [-0.2, 0) is 0 Å². The van der Waals surface area contributed by atoms with Crippen LogP contribution in [0.2, 0.25) is 0 Å². The Hall–Kier alpha value is -0.120. The molecular weight excluding hydrogens is 162 g/mol. The Morgan fingerprint density at radius 2 is 1.15 bits per heavy atom. The maximum atomic E-state index is 5.79. The standard InChI is InChI=1S/C10H25N3/c1-7(2)8(3,4)9(5,6)10(11,12)13/h7H,11-13H2,1-6H3. The Morgan fingerprint density at radius 3 is 1.23 bits per heavy atom. The molecule has 0 aromatic heterocycles. The van der Waals surface area contributed by atoms with E-state index in [0.717, 1.165) is 0 Å². The second kappa shape index (κ2) is 3.23. The summed E-state index contributed by atoms with van der Waals surface area (Å²) in [7, 11) is 0. The lowest BCUT2D eigenvalue weighted by Gasteiger charge is -2.51. The van der Waals surface area contributed by atoms with Crippen molar-refractivity contribution < 1.29 is 0 Å². The van der Waals surface area contributed by atoms with Crippen LogP contribution in [0.15, 0.2) is 0 Å². The van der Waals surface area contributed by atoms with E-state index in [1.54, 1.807) is 0 Å². The second-order valence-corrected chi connectivity index (χ2v) is 5.43. The number of rotatable bonds is 3. The molecule has 0 fully saturated rings. The molecule has 0 aliphatic carbocycles. The van der Waals surface area contributed by atoms with Gasteiger partial charge in [0.1, 0.15) is 5.79 Å². The van der Waals surface area contributed by atoms with Gasteiger partial charge in [0, 0.05) is 5.41 Å². The maximum absolute atomic E-state index is 5.79. The van der Waals surface area contributed by atoms with Gasteiger partial charge in [0.25, 0.3) is 0 Å². The van der Waals surface area contributed by atoms with Crippen LogP contribution in [0.1, 0.15) is 41.5 Å². The summed E-state index contributed by atoms with van der Waals surface area (Å²) in [6.45, 7) is 12.7. The molecular formula is C10H25N3. The predicted octanol–water partition coefficient (Wildman–Crippen LogP) is 1.22. The van der Waals surface area contributed by atoms with Crippen LogP contribution >= 0.6 is 0 Å². The van der Waals surface area contributed by atoms with Gasteiger partial charge in [-0.1, -0.05) is 41.5 Å². The Balaban J connectivity index is 5.04. The summed E-state index contributed by atoms with van der Waals surface area (Å²) in [4.78, 5) is 0. The van der Waals surface area contributed by atoms with Gasteiger partial charge < -0.3 is 17.2 Å².